The summed E-state index contributed by atoms with van der Waals surface area (Å²) in [5.74, 6) is 0.485. The zero-order chi connectivity index (χ0) is 19.4. The first kappa shape index (κ1) is 22.8. The molecule has 0 aliphatic carbocycles. The van der Waals surface area contributed by atoms with Gasteiger partial charge in [0.15, 0.2) is 0 Å². The first-order valence-electron chi connectivity index (χ1n) is 9.34. The van der Waals surface area contributed by atoms with Gasteiger partial charge in [-0.25, -0.2) is 4.39 Å². The van der Waals surface area contributed by atoms with E-state index in [1.165, 1.54) is 17.0 Å². The number of rotatable bonds is 7. The van der Waals surface area contributed by atoms with Gasteiger partial charge in [0.1, 0.15) is 11.6 Å². The molecule has 9 heteroatoms. The van der Waals surface area contributed by atoms with E-state index in [0.717, 1.165) is 56.6 Å². The summed E-state index contributed by atoms with van der Waals surface area (Å²) in [6.45, 7) is 8.64. The number of halogens is 2. The summed E-state index contributed by atoms with van der Waals surface area (Å²) in [5.41, 5.74) is 0.926. The van der Waals surface area contributed by atoms with Crippen LogP contribution in [0.5, 0.6) is 5.75 Å². The Morgan fingerprint density at radius 2 is 1.86 bits per heavy atom. The van der Waals surface area contributed by atoms with Crippen LogP contribution in [0.15, 0.2) is 18.2 Å². The van der Waals surface area contributed by atoms with Crippen molar-refractivity contribution in [2.45, 2.75) is 26.4 Å². The van der Waals surface area contributed by atoms with E-state index in [4.69, 9.17) is 4.74 Å². The van der Waals surface area contributed by atoms with Crippen LogP contribution in [-0.2, 0) is 4.79 Å². The predicted molar refractivity (Wildman–Crippen MR) is 112 cm³/mol. The molecule has 1 aromatic carbocycles. The van der Waals surface area contributed by atoms with Crippen molar-refractivity contribution in [2.24, 2.45) is 0 Å². The van der Waals surface area contributed by atoms with E-state index >= 15 is 0 Å². The van der Waals surface area contributed by atoms with Gasteiger partial charge in [-0.2, -0.15) is 0 Å². The van der Waals surface area contributed by atoms with Crippen molar-refractivity contribution >= 4 is 41.0 Å². The maximum absolute atomic E-state index is 13.6. The van der Waals surface area contributed by atoms with Crippen LogP contribution < -0.4 is 9.64 Å². The van der Waals surface area contributed by atoms with Crippen molar-refractivity contribution in [3.63, 3.8) is 0 Å². The van der Waals surface area contributed by atoms with E-state index in [-0.39, 0.29) is 41.2 Å². The van der Waals surface area contributed by atoms with Gasteiger partial charge < -0.3 is 9.64 Å². The fourth-order valence-corrected chi connectivity index (χ4v) is 4.11. The SMILES string of the molecule is CC(C)Oc1cc(F)ccc1N1CCN(CCCN2C(=O)CSC2=O)CC1.Cl. The summed E-state index contributed by atoms with van der Waals surface area (Å²) in [7, 11) is 0. The molecule has 0 radical (unpaired) electrons. The maximum Gasteiger partial charge on any atom is 0.288 e. The van der Waals surface area contributed by atoms with Crippen LogP contribution in [0.25, 0.3) is 0 Å². The molecule has 2 heterocycles. The lowest BCUT2D eigenvalue weighted by molar-refractivity contribution is -0.124. The molecule has 0 saturated carbocycles. The van der Waals surface area contributed by atoms with Crippen LogP contribution >= 0.6 is 24.2 Å². The van der Waals surface area contributed by atoms with Gasteiger partial charge in [-0.05, 0) is 38.9 Å². The number of amides is 2. The number of imide groups is 1. The van der Waals surface area contributed by atoms with E-state index in [1.807, 2.05) is 13.8 Å². The standard InChI is InChI=1S/C19H26FN3O3S.ClH/c1-14(2)26-17-12-15(20)4-5-16(17)22-10-8-21(9-11-22)6-3-7-23-18(24)13-27-19(23)25;/h4-5,12,14H,3,6-11,13H2,1-2H3;1H. The number of carbonyl (C=O) groups is 2. The molecular weight excluding hydrogens is 405 g/mol. The highest BCUT2D eigenvalue weighted by molar-refractivity contribution is 8.14. The zero-order valence-electron chi connectivity index (χ0n) is 16.2. The first-order chi connectivity index (χ1) is 12.9. The smallest absolute Gasteiger partial charge is 0.288 e. The van der Waals surface area contributed by atoms with Gasteiger partial charge in [-0.1, -0.05) is 11.8 Å². The Hall–Kier alpha value is -1.51. The largest absolute Gasteiger partial charge is 0.489 e. The second kappa shape index (κ2) is 10.3. The molecule has 0 atom stereocenters. The molecular formula is C19H27ClFN3O3S. The Balaban J connectivity index is 0.00000280. The average molecular weight is 432 g/mol. The number of benzene rings is 1. The van der Waals surface area contributed by atoms with Crippen LogP contribution in [0, 0.1) is 5.82 Å². The number of carbonyl (C=O) groups excluding carboxylic acids is 2. The molecule has 1 aromatic rings. The predicted octanol–water partition coefficient (Wildman–Crippen LogP) is 3.24. The molecule has 0 N–H and O–H groups in total. The lowest BCUT2D eigenvalue weighted by atomic mass is 10.2. The highest BCUT2D eigenvalue weighted by Crippen LogP contribution is 2.31. The lowest BCUT2D eigenvalue weighted by Crippen LogP contribution is -2.47. The molecule has 6 nitrogen and oxygen atoms in total. The van der Waals surface area contributed by atoms with Gasteiger partial charge in [0.25, 0.3) is 5.24 Å². The third-order valence-electron chi connectivity index (χ3n) is 4.69. The monoisotopic (exact) mass is 431 g/mol. The Labute approximate surface area is 175 Å². The van der Waals surface area contributed by atoms with Crippen LogP contribution in [-0.4, -0.2) is 72.1 Å². The molecule has 0 aromatic heterocycles. The quantitative estimate of drug-likeness (QED) is 0.660. The van der Waals surface area contributed by atoms with Crippen LogP contribution in [0.1, 0.15) is 20.3 Å². The number of hydrogen-bond acceptors (Lipinski definition) is 6. The van der Waals surface area contributed by atoms with Gasteiger partial charge in [0, 0.05) is 38.8 Å². The van der Waals surface area contributed by atoms with Gasteiger partial charge in [0.05, 0.1) is 17.5 Å². The lowest BCUT2D eigenvalue weighted by Gasteiger charge is -2.37. The molecule has 2 saturated heterocycles. The van der Waals surface area contributed by atoms with Gasteiger partial charge >= 0.3 is 0 Å². The molecule has 0 unspecified atom stereocenters. The highest BCUT2D eigenvalue weighted by atomic mass is 35.5. The molecule has 156 valence electrons. The Kier molecular flexibility index (Phi) is 8.39. The molecule has 0 spiro atoms. The summed E-state index contributed by atoms with van der Waals surface area (Å²) < 4.78 is 19.4. The second-order valence-corrected chi connectivity index (χ2v) is 7.99. The van der Waals surface area contributed by atoms with Crippen LogP contribution in [0.3, 0.4) is 0 Å². The van der Waals surface area contributed by atoms with Crippen molar-refractivity contribution in [1.29, 1.82) is 0 Å². The molecule has 2 amide bonds. The van der Waals surface area contributed by atoms with Crippen molar-refractivity contribution in [1.82, 2.24) is 9.80 Å². The molecule has 0 bridgehead atoms. The molecule has 2 aliphatic heterocycles. The van der Waals surface area contributed by atoms with E-state index in [2.05, 4.69) is 9.80 Å². The van der Waals surface area contributed by atoms with E-state index < -0.39 is 0 Å². The molecule has 28 heavy (non-hydrogen) atoms. The summed E-state index contributed by atoms with van der Waals surface area (Å²) in [6, 6.07) is 4.70. The van der Waals surface area contributed by atoms with Gasteiger partial charge in [-0.3, -0.25) is 19.4 Å². The minimum Gasteiger partial charge on any atom is -0.489 e. The Morgan fingerprint density at radius 3 is 2.46 bits per heavy atom. The minimum atomic E-state index is -0.294. The van der Waals surface area contributed by atoms with Crippen molar-refractivity contribution in [3.8, 4) is 5.75 Å². The molecule has 2 fully saturated rings. The minimum absolute atomic E-state index is 0. The second-order valence-electron chi connectivity index (χ2n) is 7.06. The summed E-state index contributed by atoms with van der Waals surface area (Å²) in [5, 5.41) is -0.126. The fourth-order valence-electron chi connectivity index (χ4n) is 3.36. The van der Waals surface area contributed by atoms with Crippen LogP contribution in [0.2, 0.25) is 0 Å². The Morgan fingerprint density at radius 1 is 1.14 bits per heavy atom. The van der Waals surface area contributed by atoms with Crippen LogP contribution in [0.4, 0.5) is 14.9 Å². The van der Waals surface area contributed by atoms with E-state index in [1.54, 1.807) is 6.07 Å². The van der Waals surface area contributed by atoms with Crippen molar-refractivity contribution in [2.75, 3.05) is 49.9 Å². The number of nitrogens with zero attached hydrogens (tertiary/aromatic N) is 3. The number of thioether (sulfide) groups is 1. The molecule has 2 aliphatic rings. The van der Waals surface area contributed by atoms with Gasteiger partial charge in [0.2, 0.25) is 5.91 Å². The zero-order valence-corrected chi connectivity index (χ0v) is 17.9. The summed E-state index contributed by atoms with van der Waals surface area (Å²) in [4.78, 5) is 29.1. The normalized spacial score (nSPS) is 18.0. The third-order valence-corrected chi connectivity index (χ3v) is 5.55. The summed E-state index contributed by atoms with van der Waals surface area (Å²) >= 11 is 1.08. The van der Waals surface area contributed by atoms with E-state index in [9.17, 15) is 14.0 Å². The summed E-state index contributed by atoms with van der Waals surface area (Å²) in [6.07, 6.45) is 0.775. The number of piperazine rings is 1. The average Bonchev–Trinajstić information content (AvgIpc) is 2.94. The first-order valence-corrected chi connectivity index (χ1v) is 10.3. The Bertz CT molecular complexity index is 683. The highest BCUT2D eigenvalue weighted by Gasteiger charge is 2.29. The van der Waals surface area contributed by atoms with Crippen molar-refractivity contribution < 1.29 is 18.7 Å². The van der Waals surface area contributed by atoms with Gasteiger partial charge in [-0.15, -0.1) is 12.4 Å². The van der Waals surface area contributed by atoms with Crippen molar-refractivity contribution in [3.05, 3.63) is 24.0 Å². The third kappa shape index (κ3) is 5.75. The maximum atomic E-state index is 13.6. The number of anilines is 1. The fraction of sp³-hybridized carbons (Fsp3) is 0.579. The number of ether oxygens (including phenoxy) is 1. The molecule has 3 rings (SSSR count). The topological polar surface area (TPSA) is 53.1 Å². The van der Waals surface area contributed by atoms with E-state index in [0.29, 0.717) is 12.3 Å². The number of hydrogen-bond donors (Lipinski definition) is 0.